The maximum Gasteiger partial charge on any atom is 0.224 e. The number of carbonyl (C=O) groups excluding carboxylic acids is 1. The number of carbonyl (C=O) groups is 1. The number of benzene rings is 2. The third-order valence-electron chi connectivity index (χ3n) is 4.53. The molecule has 2 nitrogen and oxygen atoms in total. The Labute approximate surface area is 136 Å². The Morgan fingerprint density at radius 1 is 1.09 bits per heavy atom. The van der Waals surface area contributed by atoms with Crippen molar-refractivity contribution >= 4 is 5.91 Å². The van der Waals surface area contributed by atoms with Gasteiger partial charge in [-0.3, -0.25) is 4.79 Å². The maximum absolute atomic E-state index is 12.9. The molecule has 0 heterocycles. The van der Waals surface area contributed by atoms with Gasteiger partial charge in [0.25, 0.3) is 0 Å². The number of halogens is 1. The van der Waals surface area contributed by atoms with Crippen LogP contribution in [-0.2, 0) is 24.1 Å². The standard InChI is InChI=1S/C20H22FNO/c1-14(17-9-8-16-4-2-3-5-18(16)13-17)22-20(23)12-15-6-10-19(21)11-7-15/h6-11,13-14H,2-5,12H2,1H3,(H,22,23)/t14-/m0/s1. The molecule has 120 valence electrons. The predicted molar refractivity (Wildman–Crippen MR) is 89.7 cm³/mol. The van der Waals surface area contributed by atoms with Gasteiger partial charge in [0.05, 0.1) is 12.5 Å². The second-order valence-corrected chi connectivity index (χ2v) is 6.33. The van der Waals surface area contributed by atoms with Gasteiger partial charge in [0.15, 0.2) is 0 Å². The van der Waals surface area contributed by atoms with Gasteiger partial charge in [0, 0.05) is 0 Å². The van der Waals surface area contributed by atoms with Crippen molar-refractivity contribution in [3.8, 4) is 0 Å². The first-order valence-corrected chi connectivity index (χ1v) is 8.27. The zero-order valence-electron chi connectivity index (χ0n) is 13.4. The van der Waals surface area contributed by atoms with Gasteiger partial charge in [0.1, 0.15) is 5.82 Å². The Kier molecular flexibility index (Phi) is 4.75. The maximum atomic E-state index is 12.9. The molecule has 23 heavy (non-hydrogen) atoms. The van der Waals surface area contributed by atoms with Crippen LogP contribution in [0.25, 0.3) is 0 Å². The summed E-state index contributed by atoms with van der Waals surface area (Å²) in [5.74, 6) is -0.321. The molecule has 0 fully saturated rings. The molecule has 2 aromatic carbocycles. The van der Waals surface area contributed by atoms with Crippen LogP contribution in [0.15, 0.2) is 42.5 Å². The van der Waals surface area contributed by atoms with Crippen LogP contribution in [0.5, 0.6) is 0 Å². The fourth-order valence-corrected chi connectivity index (χ4v) is 3.19. The smallest absolute Gasteiger partial charge is 0.224 e. The molecule has 0 bridgehead atoms. The highest BCUT2D eigenvalue weighted by Gasteiger charge is 2.14. The Hall–Kier alpha value is -2.16. The molecule has 3 rings (SSSR count). The summed E-state index contributed by atoms with van der Waals surface area (Å²) in [6.45, 7) is 2.01. The van der Waals surface area contributed by atoms with Crippen molar-refractivity contribution in [2.45, 2.75) is 45.1 Å². The molecule has 0 aliphatic heterocycles. The van der Waals surface area contributed by atoms with Crippen LogP contribution in [0, 0.1) is 5.82 Å². The van der Waals surface area contributed by atoms with Crippen molar-refractivity contribution in [1.29, 1.82) is 0 Å². The number of amides is 1. The first kappa shape index (κ1) is 15.7. The SMILES string of the molecule is C[C@H](NC(=O)Cc1ccc(F)cc1)c1ccc2c(c1)CCCC2. The monoisotopic (exact) mass is 311 g/mol. The largest absolute Gasteiger partial charge is 0.349 e. The van der Waals surface area contributed by atoms with E-state index in [0.29, 0.717) is 0 Å². The van der Waals surface area contributed by atoms with Crippen molar-refractivity contribution < 1.29 is 9.18 Å². The van der Waals surface area contributed by atoms with Crippen LogP contribution in [0.4, 0.5) is 4.39 Å². The van der Waals surface area contributed by atoms with Crippen molar-refractivity contribution in [3.05, 3.63) is 70.5 Å². The third-order valence-corrected chi connectivity index (χ3v) is 4.53. The lowest BCUT2D eigenvalue weighted by Gasteiger charge is -2.20. The first-order chi connectivity index (χ1) is 11.1. The summed E-state index contributed by atoms with van der Waals surface area (Å²) in [7, 11) is 0. The van der Waals surface area contributed by atoms with Gasteiger partial charge in [-0.1, -0.05) is 30.3 Å². The van der Waals surface area contributed by atoms with Gasteiger partial charge in [-0.2, -0.15) is 0 Å². The molecule has 1 aliphatic rings. The zero-order valence-corrected chi connectivity index (χ0v) is 13.4. The van der Waals surface area contributed by atoms with Crippen molar-refractivity contribution in [2.24, 2.45) is 0 Å². The molecule has 0 saturated carbocycles. The molecule has 0 radical (unpaired) electrons. The minimum atomic E-state index is -0.281. The summed E-state index contributed by atoms with van der Waals surface area (Å²) < 4.78 is 12.9. The van der Waals surface area contributed by atoms with Gasteiger partial charge in [-0.25, -0.2) is 4.39 Å². The number of rotatable bonds is 4. The third kappa shape index (κ3) is 3.98. The van der Waals surface area contributed by atoms with E-state index in [1.165, 1.54) is 42.5 Å². The number of nitrogens with one attached hydrogen (secondary N) is 1. The van der Waals surface area contributed by atoms with Crippen molar-refractivity contribution in [2.75, 3.05) is 0 Å². The van der Waals surface area contributed by atoms with Gasteiger partial charge < -0.3 is 5.32 Å². The van der Waals surface area contributed by atoms with E-state index in [4.69, 9.17) is 0 Å². The van der Waals surface area contributed by atoms with Crippen LogP contribution < -0.4 is 5.32 Å². The van der Waals surface area contributed by atoms with Crippen molar-refractivity contribution in [1.82, 2.24) is 5.32 Å². The second kappa shape index (κ2) is 6.95. The Balaban J connectivity index is 1.63. The average molecular weight is 311 g/mol. The van der Waals surface area contributed by atoms with Gasteiger partial charge in [0.2, 0.25) is 5.91 Å². The number of hydrogen-bond acceptors (Lipinski definition) is 1. The fraction of sp³-hybridized carbons (Fsp3) is 0.350. The van der Waals surface area contributed by atoms with Crippen LogP contribution in [0.1, 0.15) is 48.1 Å². The van der Waals surface area contributed by atoms with E-state index >= 15 is 0 Å². The molecule has 1 amide bonds. The van der Waals surface area contributed by atoms with Crippen LogP contribution in [0.2, 0.25) is 0 Å². The van der Waals surface area contributed by atoms with Gasteiger partial charge in [-0.15, -0.1) is 0 Å². The van der Waals surface area contributed by atoms with Gasteiger partial charge in [-0.05, 0) is 67.0 Å². The predicted octanol–water partition coefficient (Wildman–Crippen LogP) is 4.12. The lowest BCUT2D eigenvalue weighted by Crippen LogP contribution is -2.28. The lowest BCUT2D eigenvalue weighted by molar-refractivity contribution is -0.121. The summed E-state index contributed by atoms with van der Waals surface area (Å²) in [5.41, 5.74) is 4.85. The summed E-state index contributed by atoms with van der Waals surface area (Å²) in [5, 5.41) is 3.03. The van der Waals surface area contributed by atoms with Crippen LogP contribution in [0.3, 0.4) is 0 Å². The highest BCUT2D eigenvalue weighted by molar-refractivity contribution is 5.79. The number of fused-ring (bicyclic) bond motifs is 1. The Morgan fingerprint density at radius 3 is 2.52 bits per heavy atom. The molecule has 0 aromatic heterocycles. The highest BCUT2D eigenvalue weighted by atomic mass is 19.1. The van der Waals surface area contributed by atoms with E-state index in [1.807, 2.05) is 6.92 Å². The highest BCUT2D eigenvalue weighted by Crippen LogP contribution is 2.24. The summed E-state index contributed by atoms with van der Waals surface area (Å²) in [6.07, 6.45) is 5.11. The summed E-state index contributed by atoms with van der Waals surface area (Å²) >= 11 is 0. The minimum absolute atomic E-state index is 0.0184. The van der Waals surface area contributed by atoms with E-state index < -0.39 is 0 Å². The quantitative estimate of drug-likeness (QED) is 0.904. The van der Waals surface area contributed by atoms with Gasteiger partial charge >= 0.3 is 0 Å². The summed E-state index contributed by atoms with van der Waals surface area (Å²) in [4.78, 5) is 12.2. The number of aryl methyl sites for hydroxylation is 2. The molecular weight excluding hydrogens is 289 g/mol. The van der Waals surface area contributed by atoms with E-state index in [9.17, 15) is 9.18 Å². The first-order valence-electron chi connectivity index (χ1n) is 8.27. The molecule has 2 aromatic rings. The van der Waals surface area contributed by atoms with Crippen LogP contribution in [-0.4, -0.2) is 5.91 Å². The topological polar surface area (TPSA) is 29.1 Å². The zero-order chi connectivity index (χ0) is 16.2. The van der Waals surface area contributed by atoms with Crippen molar-refractivity contribution in [3.63, 3.8) is 0 Å². The Morgan fingerprint density at radius 2 is 1.78 bits per heavy atom. The Bertz CT molecular complexity index is 693. The van der Waals surface area contributed by atoms with E-state index in [2.05, 4.69) is 23.5 Å². The molecule has 1 N–H and O–H groups in total. The van der Waals surface area contributed by atoms with E-state index in [-0.39, 0.29) is 24.2 Å². The molecule has 0 saturated heterocycles. The van der Waals surface area contributed by atoms with E-state index in [0.717, 1.165) is 17.5 Å². The molecular formula is C20H22FNO. The normalized spacial score (nSPS) is 14.9. The molecule has 3 heteroatoms. The number of hydrogen-bond donors (Lipinski definition) is 1. The van der Waals surface area contributed by atoms with E-state index in [1.54, 1.807) is 12.1 Å². The fourth-order valence-electron chi connectivity index (χ4n) is 3.19. The van der Waals surface area contributed by atoms with Crippen LogP contribution >= 0.6 is 0 Å². The summed E-state index contributed by atoms with van der Waals surface area (Å²) in [6, 6.07) is 12.6. The second-order valence-electron chi connectivity index (χ2n) is 6.33. The lowest BCUT2D eigenvalue weighted by atomic mass is 9.89. The molecule has 1 atom stereocenters. The average Bonchev–Trinajstić information content (AvgIpc) is 2.56. The molecule has 0 spiro atoms. The molecule has 0 unspecified atom stereocenters. The molecule has 1 aliphatic carbocycles. The minimum Gasteiger partial charge on any atom is -0.349 e.